The topological polar surface area (TPSA) is 38.8 Å². The predicted molar refractivity (Wildman–Crippen MR) is 104 cm³/mol. The second-order valence-electron chi connectivity index (χ2n) is 5.50. The summed E-state index contributed by atoms with van der Waals surface area (Å²) in [6, 6.07) is 13.5. The van der Waals surface area contributed by atoms with Gasteiger partial charge in [0.2, 0.25) is 5.91 Å². The highest BCUT2D eigenvalue weighted by atomic mass is 79.9. The van der Waals surface area contributed by atoms with Gasteiger partial charge in [-0.2, -0.15) is 0 Å². The summed E-state index contributed by atoms with van der Waals surface area (Å²) in [5, 5.41) is 0. The number of rotatable bonds is 7. The maximum atomic E-state index is 12.3. The summed E-state index contributed by atoms with van der Waals surface area (Å²) in [5.74, 6) is 1.29. The van der Waals surface area contributed by atoms with Crippen LogP contribution in [0.15, 0.2) is 53.0 Å². The number of halogens is 1. The highest BCUT2D eigenvalue weighted by Crippen LogP contribution is 2.28. The molecule has 25 heavy (non-hydrogen) atoms. The molecule has 132 valence electrons. The Bertz CT molecular complexity index is 741. The molecule has 0 N–H and O–H groups in total. The van der Waals surface area contributed by atoms with E-state index in [1.54, 1.807) is 31.2 Å². The number of hydrogen-bond acceptors (Lipinski definition) is 3. The molecule has 4 nitrogen and oxygen atoms in total. The molecule has 0 radical (unpaired) electrons. The quantitative estimate of drug-likeness (QED) is 0.637. The van der Waals surface area contributed by atoms with Crippen LogP contribution in [0, 0.1) is 0 Å². The largest absolute Gasteiger partial charge is 0.493 e. The van der Waals surface area contributed by atoms with E-state index < -0.39 is 0 Å². The summed E-state index contributed by atoms with van der Waals surface area (Å²) in [6.07, 6.45) is 3.35. The lowest BCUT2D eigenvalue weighted by atomic mass is 10.1. The van der Waals surface area contributed by atoms with Gasteiger partial charge in [0.25, 0.3) is 0 Å². The number of ether oxygens (including phenoxy) is 2. The first-order chi connectivity index (χ1) is 12.0. The third-order valence-corrected chi connectivity index (χ3v) is 4.14. The van der Waals surface area contributed by atoms with E-state index in [4.69, 9.17) is 9.47 Å². The lowest BCUT2D eigenvalue weighted by molar-refractivity contribution is -0.125. The maximum absolute atomic E-state index is 12.3. The van der Waals surface area contributed by atoms with Crippen molar-refractivity contribution in [2.24, 2.45) is 0 Å². The van der Waals surface area contributed by atoms with Gasteiger partial charge in [-0.25, -0.2) is 0 Å². The molecule has 0 fully saturated rings. The number of carbonyl (C=O) groups is 1. The Morgan fingerprint density at radius 2 is 1.88 bits per heavy atom. The van der Waals surface area contributed by atoms with Crippen molar-refractivity contribution < 1.29 is 14.3 Å². The number of amides is 1. The maximum Gasteiger partial charge on any atom is 0.246 e. The summed E-state index contributed by atoms with van der Waals surface area (Å²) in [7, 11) is 3.39. The van der Waals surface area contributed by atoms with Gasteiger partial charge >= 0.3 is 0 Å². The molecule has 0 aliphatic heterocycles. The Kier molecular flexibility index (Phi) is 7.07. The van der Waals surface area contributed by atoms with Crippen molar-refractivity contribution in [2.45, 2.75) is 13.5 Å². The molecule has 0 spiro atoms. The smallest absolute Gasteiger partial charge is 0.246 e. The van der Waals surface area contributed by atoms with E-state index in [2.05, 4.69) is 15.9 Å². The highest BCUT2D eigenvalue weighted by Gasteiger charge is 2.07. The molecular formula is C20H22BrNO3. The number of hydrogen-bond donors (Lipinski definition) is 0. The zero-order valence-electron chi connectivity index (χ0n) is 14.7. The molecule has 5 heteroatoms. The Morgan fingerprint density at radius 3 is 2.52 bits per heavy atom. The normalized spacial score (nSPS) is 10.7. The average molecular weight is 404 g/mol. The van der Waals surface area contributed by atoms with Crippen LogP contribution in [0.5, 0.6) is 11.5 Å². The van der Waals surface area contributed by atoms with Gasteiger partial charge in [-0.3, -0.25) is 4.79 Å². The number of benzene rings is 2. The molecule has 0 aliphatic rings. The number of likely N-dealkylation sites (N-methyl/N-ethyl adjacent to an activating group) is 1. The SMILES string of the molecule is CCOc1cc(/C=C/C(=O)N(C)Cc2ccc(Br)cc2)ccc1OC. The number of carbonyl (C=O) groups excluding carboxylic acids is 1. The summed E-state index contributed by atoms with van der Waals surface area (Å²) >= 11 is 3.41. The van der Waals surface area contributed by atoms with Gasteiger partial charge in [-0.1, -0.05) is 34.1 Å². The van der Waals surface area contributed by atoms with Gasteiger partial charge < -0.3 is 14.4 Å². The van der Waals surface area contributed by atoms with E-state index in [1.807, 2.05) is 49.4 Å². The Labute approximate surface area is 157 Å². The molecule has 0 atom stereocenters. The van der Waals surface area contributed by atoms with Gasteiger partial charge in [0.15, 0.2) is 11.5 Å². The molecule has 0 unspecified atom stereocenters. The van der Waals surface area contributed by atoms with Crippen LogP contribution in [0.4, 0.5) is 0 Å². The molecule has 0 saturated carbocycles. The van der Waals surface area contributed by atoms with E-state index in [0.29, 0.717) is 24.7 Å². The van der Waals surface area contributed by atoms with Gasteiger partial charge in [0.1, 0.15) is 0 Å². The van der Waals surface area contributed by atoms with Crippen LogP contribution in [0.3, 0.4) is 0 Å². The lowest BCUT2D eigenvalue weighted by Crippen LogP contribution is -2.24. The molecule has 2 rings (SSSR count). The van der Waals surface area contributed by atoms with Crippen molar-refractivity contribution >= 4 is 27.9 Å². The third kappa shape index (κ3) is 5.64. The fourth-order valence-corrected chi connectivity index (χ4v) is 2.57. The summed E-state index contributed by atoms with van der Waals surface area (Å²) < 4.78 is 11.8. The second kappa shape index (κ2) is 9.28. The molecular weight excluding hydrogens is 382 g/mol. The van der Waals surface area contributed by atoms with Crippen LogP contribution in [0.2, 0.25) is 0 Å². The number of methoxy groups -OCH3 is 1. The van der Waals surface area contributed by atoms with Crippen molar-refractivity contribution in [3.63, 3.8) is 0 Å². The standard InChI is InChI=1S/C20H22BrNO3/c1-4-25-19-13-15(7-11-18(19)24-3)8-12-20(23)22(2)14-16-5-9-17(21)10-6-16/h5-13H,4,14H2,1-3H3/b12-8+. The molecule has 0 saturated heterocycles. The fourth-order valence-electron chi connectivity index (χ4n) is 2.30. The summed E-state index contributed by atoms with van der Waals surface area (Å²) in [5.41, 5.74) is 1.96. The molecule has 0 heterocycles. The molecule has 0 aromatic heterocycles. The Morgan fingerprint density at radius 1 is 1.16 bits per heavy atom. The van der Waals surface area contributed by atoms with Crippen molar-refractivity contribution in [2.75, 3.05) is 20.8 Å². The first-order valence-corrected chi connectivity index (χ1v) is 8.81. The first-order valence-electron chi connectivity index (χ1n) is 8.02. The minimum absolute atomic E-state index is 0.0586. The van der Waals surface area contributed by atoms with Gasteiger partial charge in [0.05, 0.1) is 13.7 Å². The average Bonchev–Trinajstić information content (AvgIpc) is 2.62. The van der Waals surface area contributed by atoms with Crippen molar-refractivity contribution in [3.05, 3.63) is 64.1 Å². The minimum atomic E-state index is -0.0586. The van der Waals surface area contributed by atoms with E-state index in [0.717, 1.165) is 15.6 Å². The van der Waals surface area contributed by atoms with Gasteiger partial charge in [-0.15, -0.1) is 0 Å². The van der Waals surface area contributed by atoms with E-state index in [9.17, 15) is 4.79 Å². The van der Waals surface area contributed by atoms with Crippen molar-refractivity contribution in [1.82, 2.24) is 4.90 Å². The Balaban J connectivity index is 2.03. The van der Waals surface area contributed by atoms with Crippen LogP contribution < -0.4 is 9.47 Å². The monoisotopic (exact) mass is 403 g/mol. The van der Waals surface area contributed by atoms with Gasteiger partial charge in [-0.05, 0) is 48.4 Å². The molecule has 2 aromatic carbocycles. The third-order valence-electron chi connectivity index (χ3n) is 3.62. The number of nitrogens with zero attached hydrogens (tertiary/aromatic N) is 1. The second-order valence-corrected chi connectivity index (χ2v) is 6.41. The van der Waals surface area contributed by atoms with Crippen LogP contribution in [-0.4, -0.2) is 31.6 Å². The van der Waals surface area contributed by atoms with Crippen LogP contribution in [0.1, 0.15) is 18.1 Å². The zero-order valence-corrected chi connectivity index (χ0v) is 16.2. The first kappa shape index (κ1) is 19.1. The lowest BCUT2D eigenvalue weighted by Gasteiger charge is -2.15. The summed E-state index contributed by atoms with van der Waals surface area (Å²) in [4.78, 5) is 14.0. The molecule has 0 bridgehead atoms. The predicted octanol–water partition coefficient (Wildman–Crippen LogP) is 4.53. The van der Waals surface area contributed by atoms with E-state index in [1.165, 1.54) is 0 Å². The van der Waals surface area contributed by atoms with Crippen LogP contribution in [0.25, 0.3) is 6.08 Å². The van der Waals surface area contributed by atoms with Crippen LogP contribution >= 0.6 is 15.9 Å². The Hall–Kier alpha value is -2.27. The van der Waals surface area contributed by atoms with Crippen molar-refractivity contribution in [3.8, 4) is 11.5 Å². The summed E-state index contributed by atoms with van der Waals surface area (Å²) in [6.45, 7) is 3.03. The van der Waals surface area contributed by atoms with Gasteiger partial charge in [0, 0.05) is 24.1 Å². The fraction of sp³-hybridized carbons (Fsp3) is 0.250. The van der Waals surface area contributed by atoms with E-state index in [-0.39, 0.29) is 5.91 Å². The minimum Gasteiger partial charge on any atom is -0.493 e. The van der Waals surface area contributed by atoms with E-state index >= 15 is 0 Å². The molecule has 2 aromatic rings. The molecule has 0 aliphatic carbocycles. The molecule has 1 amide bonds. The van der Waals surface area contributed by atoms with Crippen molar-refractivity contribution in [1.29, 1.82) is 0 Å². The van der Waals surface area contributed by atoms with Crippen LogP contribution in [-0.2, 0) is 11.3 Å². The zero-order chi connectivity index (χ0) is 18.2. The highest BCUT2D eigenvalue weighted by molar-refractivity contribution is 9.10.